The molecule has 40 heavy (non-hydrogen) atoms. The van der Waals surface area contributed by atoms with Crippen molar-refractivity contribution in [2.75, 3.05) is 18.1 Å². The fourth-order valence-corrected chi connectivity index (χ4v) is 5.78. The molecular formula is C28H28F5N5O2. The summed E-state index contributed by atoms with van der Waals surface area (Å²) in [6.07, 6.45) is -0.509. The Kier molecular flexibility index (Phi) is 6.08. The molecule has 3 aliphatic rings. The average Bonchev–Trinajstić information content (AvgIpc) is 3.46. The van der Waals surface area contributed by atoms with E-state index in [1.54, 1.807) is 0 Å². The van der Waals surface area contributed by atoms with Gasteiger partial charge in [0, 0.05) is 35.9 Å². The summed E-state index contributed by atoms with van der Waals surface area (Å²) in [4.78, 5) is 14.7. The van der Waals surface area contributed by atoms with Crippen LogP contribution >= 0.6 is 0 Å². The van der Waals surface area contributed by atoms with E-state index in [0.29, 0.717) is 5.56 Å². The number of aryl methyl sites for hydroxylation is 1. The van der Waals surface area contributed by atoms with E-state index < -0.39 is 42.2 Å². The maximum atomic E-state index is 16.9. The lowest BCUT2D eigenvalue weighted by Crippen LogP contribution is -2.60. The lowest BCUT2D eigenvalue weighted by molar-refractivity contribution is -0.197. The van der Waals surface area contributed by atoms with Crippen LogP contribution in [0.25, 0.3) is 0 Å². The van der Waals surface area contributed by atoms with E-state index in [1.165, 1.54) is 48.3 Å². The predicted molar refractivity (Wildman–Crippen MR) is 135 cm³/mol. The van der Waals surface area contributed by atoms with Crippen molar-refractivity contribution in [3.63, 3.8) is 0 Å². The highest BCUT2D eigenvalue weighted by atomic mass is 19.4. The molecule has 212 valence electrons. The molecule has 2 aliphatic heterocycles. The minimum atomic E-state index is -4.68. The quantitative estimate of drug-likeness (QED) is 0.412. The van der Waals surface area contributed by atoms with Gasteiger partial charge >= 0.3 is 6.18 Å². The van der Waals surface area contributed by atoms with Gasteiger partial charge in [-0.25, -0.2) is 8.78 Å². The van der Waals surface area contributed by atoms with E-state index >= 15 is 8.78 Å². The number of hydrogen-bond acceptors (Lipinski definition) is 5. The Balaban J connectivity index is 1.37. The van der Waals surface area contributed by atoms with Crippen molar-refractivity contribution in [2.45, 2.75) is 62.3 Å². The van der Waals surface area contributed by atoms with Gasteiger partial charge in [0.1, 0.15) is 6.33 Å². The highest BCUT2D eigenvalue weighted by Crippen LogP contribution is 2.49. The number of halogens is 5. The molecule has 3 aromatic rings. The molecule has 0 radical (unpaired) electrons. The molecule has 1 N–H and O–H groups in total. The number of ether oxygens (including phenoxy) is 1. The van der Waals surface area contributed by atoms with Gasteiger partial charge in [0.25, 0.3) is 5.91 Å². The molecule has 1 saturated heterocycles. The lowest BCUT2D eigenvalue weighted by Gasteiger charge is -2.44. The molecule has 1 amide bonds. The van der Waals surface area contributed by atoms with Crippen molar-refractivity contribution in [1.29, 1.82) is 0 Å². The highest BCUT2D eigenvalue weighted by Gasteiger charge is 2.63. The number of fused-ring (bicyclic) bond motifs is 1. The second-order valence-corrected chi connectivity index (χ2v) is 11.3. The Bertz CT molecular complexity index is 1480. The SMILES string of the molecule is Cn1cnnc1[C@@](F)(c1cccc(N2Cc3c(cc(CNC4(C)CCC4)cc3C(F)(F)F)C2=O)c1)C1(F)COC1. The number of hydrogen-bond donors (Lipinski definition) is 1. The minimum Gasteiger partial charge on any atom is -0.374 e. The smallest absolute Gasteiger partial charge is 0.374 e. The summed E-state index contributed by atoms with van der Waals surface area (Å²) in [5.74, 6) is -0.928. The van der Waals surface area contributed by atoms with Gasteiger partial charge in [-0.05, 0) is 61.6 Å². The van der Waals surface area contributed by atoms with Crippen molar-refractivity contribution in [1.82, 2.24) is 20.1 Å². The number of rotatable bonds is 7. The largest absolute Gasteiger partial charge is 0.416 e. The Morgan fingerprint density at radius 1 is 1.12 bits per heavy atom. The second-order valence-electron chi connectivity index (χ2n) is 11.3. The summed E-state index contributed by atoms with van der Waals surface area (Å²) in [6.45, 7) is 0.833. The van der Waals surface area contributed by atoms with Gasteiger partial charge in [-0.15, -0.1) is 10.2 Å². The molecule has 1 aliphatic carbocycles. The zero-order valence-electron chi connectivity index (χ0n) is 22.0. The molecule has 1 saturated carbocycles. The van der Waals surface area contributed by atoms with E-state index in [2.05, 4.69) is 15.5 Å². The van der Waals surface area contributed by atoms with Crippen LogP contribution in [0, 0.1) is 0 Å². The van der Waals surface area contributed by atoms with Crippen molar-refractivity contribution >= 4 is 11.6 Å². The first-order valence-electron chi connectivity index (χ1n) is 13.1. The fourth-order valence-electron chi connectivity index (χ4n) is 5.78. The van der Waals surface area contributed by atoms with Gasteiger partial charge in [0.2, 0.25) is 11.3 Å². The first-order chi connectivity index (χ1) is 18.8. The van der Waals surface area contributed by atoms with E-state index in [1.807, 2.05) is 6.92 Å². The van der Waals surface area contributed by atoms with Crippen molar-refractivity contribution in [2.24, 2.45) is 7.05 Å². The monoisotopic (exact) mass is 561 g/mol. The highest BCUT2D eigenvalue weighted by molar-refractivity contribution is 6.10. The molecule has 12 heteroatoms. The second kappa shape index (κ2) is 9.07. The standard InChI is InChI=1S/C28H28F5N5O2/c1-25(7-4-8-25)34-12-17-9-20-21(22(10-17)28(31,32)33)13-38(23(20)39)19-6-3-5-18(11-19)27(30,26(29)14-40-15-26)24-36-35-16-37(24)2/h3,5-6,9-11,16,34H,4,7-8,12-15H2,1-2H3/t27-/m0/s1. The molecule has 1 aromatic heterocycles. The lowest BCUT2D eigenvalue weighted by atomic mass is 9.78. The molecule has 2 aromatic carbocycles. The number of nitrogens with zero attached hydrogens (tertiary/aromatic N) is 4. The molecule has 3 heterocycles. The summed E-state index contributed by atoms with van der Waals surface area (Å²) in [5, 5.41) is 10.8. The van der Waals surface area contributed by atoms with E-state index in [9.17, 15) is 18.0 Å². The number of nitrogens with one attached hydrogen (secondary N) is 1. The van der Waals surface area contributed by atoms with Gasteiger partial charge in [0.05, 0.1) is 25.3 Å². The number of benzene rings is 2. The summed E-state index contributed by atoms with van der Waals surface area (Å²) in [6, 6.07) is 8.15. The van der Waals surface area contributed by atoms with Gasteiger partial charge in [0.15, 0.2) is 5.82 Å². The summed E-state index contributed by atoms with van der Waals surface area (Å²) >= 11 is 0. The van der Waals surface area contributed by atoms with E-state index in [0.717, 1.165) is 30.2 Å². The Hall–Kier alpha value is -3.38. The molecule has 6 rings (SSSR count). The van der Waals surface area contributed by atoms with Crippen LogP contribution in [0.3, 0.4) is 0 Å². The van der Waals surface area contributed by atoms with Crippen molar-refractivity contribution < 1.29 is 31.5 Å². The minimum absolute atomic E-state index is 0.0510. The third-order valence-electron chi connectivity index (χ3n) is 8.44. The number of amides is 1. The maximum Gasteiger partial charge on any atom is 0.416 e. The molecule has 0 unspecified atom stereocenters. The number of alkyl halides is 5. The van der Waals surface area contributed by atoms with E-state index in [4.69, 9.17) is 4.74 Å². The number of anilines is 1. The van der Waals surface area contributed by atoms with Gasteiger partial charge in [-0.3, -0.25) is 4.79 Å². The molecule has 2 fully saturated rings. The van der Waals surface area contributed by atoms with Crippen LogP contribution in [-0.4, -0.2) is 45.1 Å². The molecular weight excluding hydrogens is 533 g/mol. The average molecular weight is 562 g/mol. The zero-order chi connectivity index (χ0) is 28.5. The first kappa shape index (κ1) is 26.8. The molecule has 0 spiro atoms. The number of carbonyl (C=O) groups excluding carboxylic acids is 1. The first-order valence-corrected chi connectivity index (χ1v) is 13.1. The zero-order valence-corrected chi connectivity index (χ0v) is 22.0. The van der Waals surface area contributed by atoms with Crippen LogP contribution in [0.2, 0.25) is 0 Å². The third kappa shape index (κ3) is 4.11. The van der Waals surface area contributed by atoms with Crippen LogP contribution < -0.4 is 10.2 Å². The van der Waals surface area contributed by atoms with Crippen LogP contribution in [-0.2, 0) is 36.7 Å². The topological polar surface area (TPSA) is 72.3 Å². The van der Waals surface area contributed by atoms with Crippen molar-refractivity contribution in [3.8, 4) is 0 Å². The normalized spacial score (nSPS) is 21.0. The van der Waals surface area contributed by atoms with Crippen LogP contribution in [0.15, 0.2) is 42.7 Å². The predicted octanol–water partition coefficient (Wildman–Crippen LogP) is 4.98. The number of aromatic nitrogens is 3. The molecule has 0 bridgehead atoms. The fraction of sp³-hybridized carbons (Fsp3) is 0.464. The van der Waals surface area contributed by atoms with E-state index in [-0.39, 0.29) is 46.8 Å². The van der Waals surface area contributed by atoms with Gasteiger partial charge < -0.3 is 19.5 Å². The third-order valence-corrected chi connectivity index (χ3v) is 8.44. The summed E-state index contributed by atoms with van der Waals surface area (Å²) in [5.41, 5.74) is -6.08. The summed E-state index contributed by atoms with van der Waals surface area (Å²) in [7, 11) is 1.48. The van der Waals surface area contributed by atoms with Crippen molar-refractivity contribution in [3.05, 3.63) is 76.4 Å². The summed E-state index contributed by atoms with van der Waals surface area (Å²) < 4.78 is 81.4. The Labute approximate surface area is 227 Å². The van der Waals surface area contributed by atoms with Crippen LogP contribution in [0.1, 0.15) is 64.6 Å². The van der Waals surface area contributed by atoms with Gasteiger partial charge in [-0.1, -0.05) is 12.1 Å². The van der Waals surface area contributed by atoms with Crippen LogP contribution in [0.5, 0.6) is 0 Å². The maximum absolute atomic E-state index is 16.9. The number of carbonyl (C=O) groups is 1. The molecule has 7 nitrogen and oxygen atoms in total. The molecule has 1 atom stereocenters. The van der Waals surface area contributed by atoms with Gasteiger partial charge in [-0.2, -0.15) is 13.2 Å². The Morgan fingerprint density at radius 3 is 2.45 bits per heavy atom. The van der Waals surface area contributed by atoms with Crippen LogP contribution in [0.4, 0.5) is 27.6 Å². The Morgan fingerprint density at radius 2 is 1.88 bits per heavy atom.